The van der Waals surface area contributed by atoms with Crippen LogP contribution in [-0.2, 0) is 20.5 Å². The van der Waals surface area contributed by atoms with Crippen LogP contribution in [0.5, 0.6) is 0 Å². The van der Waals surface area contributed by atoms with E-state index in [1.807, 2.05) is 0 Å². The van der Waals surface area contributed by atoms with E-state index in [0.29, 0.717) is 37.3 Å². The third-order valence-electron chi connectivity index (χ3n) is 3.50. The minimum atomic E-state index is -4.16. The van der Waals surface area contributed by atoms with Crippen LogP contribution < -0.4 is 0 Å². The highest BCUT2D eigenvalue weighted by Crippen LogP contribution is 2.32. The quantitative estimate of drug-likeness (QED) is 0.806. The second-order valence-electron chi connectivity index (χ2n) is 4.78. The summed E-state index contributed by atoms with van der Waals surface area (Å²) in [7, 11) is -4.16. The van der Waals surface area contributed by atoms with Crippen LogP contribution in [0.2, 0.25) is 0 Å². The summed E-state index contributed by atoms with van der Waals surface area (Å²) in [4.78, 5) is 4.12. The van der Waals surface area contributed by atoms with E-state index >= 15 is 0 Å². The molecule has 1 aromatic rings. The molecule has 0 spiro atoms. The molecule has 1 aromatic heterocycles. The van der Waals surface area contributed by atoms with Gasteiger partial charge in [-0.3, -0.25) is 9.54 Å². The minimum Gasteiger partial charge on any atom is -0.383 e. The van der Waals surface area contributed by atoms with Crippen LogP contribution in [0.3, 0.4) is 0 Å². The largest absolute Gasteiger partial charge is 0.383 e. The summed E-state index contributed by atoms with van der Waals surface area (Å²) >= 11 is 0. The van der Waals surface area contributed by atoms with E-state index in [0.717, 1.165) is 0 Å². The summed E-state index contributed by atoms with van der Waals surface area (Å²) in [5.41, 5.74) is -0.260. The molecule has 1 unspecified atom stereocenters. The Bertz CT molecular complexity index is 551. The van der Waals surface area contributed by atoms with Crippen molar-refractivity contribution in [2.75, 3.05) is 13.2 Å². The molecule has 1 aliphatic heterocycles. The van der Waals surface area contributed by atoms with E-state index in [9.17, 15) is 13.5 Å². The van der Waals surface area contributed by atoms with Crippen LogP contribution in [0.4, 0.5) is 0 Å². The highest BCUT2D eigenvalue weighted by atomic mass is 32.2. The van der Waals surface area contributed by atoms with Crippen molar-refractivity contribution in [3.8, 4) is 0 Å². The molecule has 106 valence electrons. The topological polar surface area (TPSA) is 96.7 Å². The van der Waals surface area contributed by atoms with Crippen LogP contribution in [0.1, 0.15) is 36.3 Å². The summed E-state index contributed by atoms with van der Waals surface area (Å²) in [6.45, 7) is 2.27. The summed E-state index contributed by atoms with van der Waals surface area (Å²) < 4.78 is 36.6. The molecule has 19 heavy (non-hydrogen) atoms. The summed E-state index contributed by atoms with van der Waals surface area (Å²) in [5.74, 6) is 0. The van der Waals surface area contributed by atoms with Crippen molar-refractivity contribution in [2.45, 2.75) is 30.6 Å². The maximum Gasteiger partial charge on any atom is 0.271 e. The van der Waals surface area contributed by atoms with Gasteiger partial charge in [0.2, 0.25) is 0 Å². The molecule has 2 heterocycles. The zero-order chi connectivity index (χ0) is 14.1. The fraction of sp³-hybridized carbons (Fsp3) is 0.583. The number of hydrogen-bond acceptors (Lipinski definition) is 5. The van der Waals surface area contributed by atoms with Crippen LogP contribution in [-0.4, -0.2) is 36.3 Å². The van der Waals surface area contributed by atoms with Gasteiger partial charge in [0.05, 0.1) is 5.69 Å². The molecule has 7 heteroatoms. The average molecular weight is 287 g/mol. The standard InChI is InChI=1S/C12H17NO5S/c1-9(19(15,16)17)10-2-5-13-11(8-10)12(14)3-6-18-7-4-12/h2,5,8-9,14H,3-4,6-7H2,1H3,(H,15,16,17). The molecule has 2 N–H and O–H groups in total. The lowest BCUT2D eigenvalue weighted by Crippen LogP contribution is -2.34. The Morgan fingerprint density at radius 1 is 1.42 bits per heavy atom. The highest BCUT2D eigenvalue weighted by Gasteiger charge is 2.34. The molecular weight excluding hydrogens is 270 g/mol. The molecule has 0 aromatic carbocycles. The molecule has 2 rings (SSSR count). The smallest absolute Gasteiger partial charge is 0.271 e. The average Bonchev–Trinajstić information content (AvgIpc) is 2.38. The Hall–Kier alpha value is -1.02. The summed E-state index contributed by atoms with van der Waals surface area (Å²) in [5, 5.41) is 9.45. The predicted molar refractivity (Wildman–Crippen MR) is 68.2 cm³/mol. The molecule has 6 nitrogen and oxygen atoms in total. The molecule has 0 amide bonds. The van der Waals surface area contributed by atoms with Gasteiger partial charge in [-0.2, -0.15) is 8.42 Å². The van der Waals surface area contributed by atoms with Gasteiger partial charge >= 0.3 is 0 Å². The lowest BCUT2D eigenvalue weighted by atomic mass is 9.89. The lowest BCUT2D eigenvalue weighted by Gasteiger charge is -2.31. The molecule has 0 bridgehead atoms. The van der Waals surface area contributed by atoms with Gasteiger partial charge < -0.3 is 9.84 Å². The van der Waals surface area contributed by atoms with E-state index in [-0.39, 0.29) is 0 Å². The van der Waals surface area contributed by atoms with E-state index in [1.54, 1.807) is 0 Å². The van der Waals surface area contributed by atoms with Crippen molar-refractivity contribution in [1.82, 2.24) is 4.98 Å². The molecule has 1 atom stereocenters. The van der Waals surface area contributed by atoms with Gasteiger partial charge in [-0.25, -0.2) is 0 Å². The first-order chi connectivity index (χ1) is 8.83. The second kappa shape index (κ2) is 5.16. The minimum absolute atomic E-state index is 0.410. The van der Waals surface area contributed by atoms with E-state index in [1.165, 1.54) is 25.3 Å². The van der Waals surface area contributed by atoms with Crippen LogP contribution in [0.25, 0.3) is 0 Å². The van der Waals surface area contributed by atoms with Gasteiger partial charge in [-0.05, 0) is 24.6 Å². The summed E-state index contributed by atoms with van der Waals surface area (Å²) in [6.07, 6.45) is 2.28. The van der Waals surface area contributed by atoms with Crippen molar-refractivity contribution in [3.05, 3.63) is 29.6 Å². The Morgan fingerprint density at radius 3 is 2.63 bits per heavy atom. The summed E-state index contributed by atoms with van der Waals surface area (Å²) in [6, 6.07) is 3.05. The first-order valence-electron chi connectivity index (χ1n) is 6.06. The van der Waals surface area contributed by atoms with E-state index < -0.39 is 21.0 Å². The van der Waals surface area contributed by atoms with Gasteiger partial charge in [0.15, 0.2) is 0 Å². The fourth-order valence-electron chi connectivity index (χ4n) is 2.09. The van der Waals surface area contributed by atoms with E-state index in [4.69, 9.17) is 9.29 Å². The predicted octanol–water partition coefficient (Wildman–Crippen LogP) is 1.03. The Morgan fingerprint density at radius 2 is 2.05 bits per heavy atom. The number of hydrogen-bond donors (Lipinski definition) is 2. The highest BCUT2D eigenvalue weighted by molar-refractivity contribution is 7.86. The Kier molecular flexibility index (Phi) is 3.91. The SMILES string of the molecule is CC(c1ccnc(C2(O)CCOCC2)c1)S(=O)(=O)O. The van der Waals surface area contributed by atoms with Gasteiger partial charge in [0, 0.05) is 32.3 Å². The van der Waals surface area contributed by atoms with Crippen molar-refractivity contribution in [3.63, 3.8) is 0 Å². The van der Waals surface area contributed by atoms with Crippen molar-refractivity contribution >= 4 is 10.1 Å². The first kappa shape index (κ1) is 14.4. The van der Waals surface area contributed by atoms with Gasteiger partial charge in [-0.15, -0.1) is 0 Å². The van der Waals surface area contributed by atoms with Gasteiger partial charge in [0.25, 0.3) is 10.1 Å². The number of nitrogens with zero attached hydrogens (tertiary/aromatic N) is 1. The molecular formula is C12H17NO5S. The zero-order valence-corrected chi connectivity index (χ0v) is 11.4. The third-order valence-corrected chi connectivity index (χ3v) is 4.66. The Balaban J connectivity index is 2.34. The monoisotopic (exact) mass is 287 g/mol. The number of ether oxygens (including phenoxy) is 1. The molecule has 0 saturated carbocycles. The van der Waals surface area contributed by atoms with Crippen molar-refractivity contribution < 1.29 is 22.8 Å². The molecule has 0 radical (unpaired) electrons. The maximum atomic E-state index is 11.2. The Labute approximate surface area is 112 Å². The maximum absolute atomic E-state index is 11.2. The molecule has 1 fully saturated rings. The van der Waals surface area contributed by atoms with Crippen molar-refractivity contribution in [2.24, 2.45) is 0 Å². The van der Waals surface area contributed by atoms with Gasteiger partial charge in [-0.1, -0.05) is 0 Å². The second-order valence-corrected chi connectivity index (χ2v) is 6.51. The van der Waals surface area contributed by atoms with E-state index in [2.05, 4.69) is 4.98 Å². The molecule has 1 saturated heterocycles. The van der Waals surface area contributed by atoms with Gasteiger partial charge in [0.1, 0.15) is 10.9 Å². The molecule has 0 aliphatic carbocycles. The normalized spacial score (nSPS) is 21.0. The fourth-order valence-corrected chi connectivity index (χ4v) is 2.58. The van der Waals surface area contributed by atoms with Crippen LogP contribution in [0, 0.1) is 0 Å². The number of pyridine rings is 1. The zero-order valence-electron chi connectivity index (χ0n) is 10.6. The van der Waals surface area contributed by atoms with Crippen LogP contribution in [0.15, 0.2) is 18.3 Å². The number of aromatic nitrogens is 1. The third kappa shape index (κ3) is 3.11. The van der Waals surface area contributed by atoms with Crippen LogP contribution >= 0.6 is 0 Å². The van der Waals surface area contributed by atoms with Crippen molar-refractivity contribution in [1.29, 1.82) is 0 Å². The lowest BCUT2D eigenvalue weighted by molar-refractivity contribution is -0.0705. The number of rotatable bonds is 3. The number of aliphatic hydroxyl groups is 1. The molecule has 1 aliphatic rings. The first-order valence-corrected chi connectivity index (χ1v) is 7.56.